The fraction of sp³-hybridized carbons (Fsp3) is 0.391. The van der Waals surface area contributed by atoms with Gasteiger partial charge in [0, 0.05) is 18.3 Å². The average molecular weight is 398 g/mol. The third-order valence-corrected chi connectivity index (χ3v) is 6.07. The molecule has 1 aliphatic heterocycles. The third kappa shape index (κ3) is 3.93. The molecule has 0 radical (unpaired) electrons. The highest BCUT2D eigenvalue weighted by Gasteiger charge is 2.34. The number of anilines is 1. The molecule has 0 fully saturated rings. The number of halogens is 1. The van der Waals surface area contributed by atoms with Gasteiger partial charge < -0.3 is 4.90 Å². The van der Waals surface area contributed by atoms with Gasteiger partial charge in [-0.3, -0.25) is 4.79 Å². The highest BCUT2D eigenvalue weighted by atomic mass is 35.5. The van der Waals surface area contributed by atoms with Crippen LogP contribution in [0.3, 0.4) is 0 Å². The van der Waals surface area contributed by atoms with E-state index < -0.39 is 0 Å². The molecular weight excluding hydrogens is 370 g/mol. The minimum Gasteiger partial charge on any atom is -0.369 e. The zero-order valence-corrected chi connectivity index (χ0v) is 18.2. The molecule has 0 saturated carbocycles. The number of nitrogens with one attached hydrogen (secondary N) is 1. The molecule has 0 aliphatic carbocycles. The second kappa shape index (κ2) is 7.59. The normalized spacial score (nSPS) is 18.2. The summed E-state index contributed by atoms with van der Waals surface area (Å²) >= 11 is 6.16. The van der Waals surface area contributed by atoms with Crippen molar-refractivity contribution in [3.05, 3.63) is 63.2 Å². The van der Waals surface area contributed by atoms with E-state index >= 15 is 0 Å². The summed E-state index contributed by atoms with van der Waals surface area (Å²) in [4.78, 5) is 14.7. The Bertz CT molecular complexity index is 949. The molecule has 0 bridgehead atoms. The first-order chi connectivity index (χ1) is 13.1. The van der Waals surface area contributed by atoms with Gasteiger partial charge in [-0.15, -0.1) is 0 Å². The first kappa shape index (κ1) is 20.4. The number of benzene rings is 2. The lowest BCUT2D eigenvalue weighted by molar-refractivity contribution is 0.0955. The molecule has 1 atom stereocenters. The molecule has 1 heterocycles. The van der Waals surface area contributed by atoms with Crippen molar-refractivity contribution in [2.75, 3.05) is 11.9 Å². The maximum absolute atomic E-state index is 12.3. The quantitative estimate of drug-likeness (QED) is 0.553. The van der Waals surface area contributed by atoms with Gasteiger partial charge in [0.05, 0.1) is 16.8 Å². The Morgan fingerprint density at radius 3 is 2.68 bits per heavy atom. The molecule has 0 spiro atoms. The summed E-state index contributed by atoms with van der Waals surface area (Å²) in [5.41, 5.74) is 8.88. The van der Waals surface area contributed by atoms with Crippen LogP contribution < -0.4 is 10.3 Å². The van der Waals surface area contributed by atoms with Crippen molar-refractivity contribution in [1.82, 2.24) is 5.43 Å². The summed E-state index contributed by atoms with van der Waals surface area (Å²) in [6.07, 6.45) is 2.81. The number of hydrogen-bond donors (Lipinski definition) is 1. The first-order valence-electron chi connectivity index (χ1n) is 9.58. The summed E-state index contributed by atoms with van der Waals surface area (Å²) in [5, 5.41) is 4.59. The van der Waals surface area contributed by atoms with Gasteiger partial charge in [0.2, 0.25) is 0 Å². The van der Waals surface area contributed by atoms with E-state index in [0.29, 0.717) is 16.5 Å². The molecule has 3 rings (SSSR count). The minimum absolute atomic E-state index is 0.135. The number of aryl methyl sites for hydroxylation is 2. The van der Waals surface area contributed by atoms with E-state index in [0.717, 1.165) is 23.1 Å². The molecule has 28 heavy (non-hydrogen) atoms. The van der Waals surface area contributed by atoms with E-state index in [1.165, 1.54) is 11.3 Å². The van der Waals surface area contributed by atoms with E-state index in [9.17, 15) is 4.79 Å². The minimum atomic E-state index is -0.313. The van der Waals surface area contributed by atoms with Crippen LogP contribution in [0.1, 0.15) is 65.7 Å². The molecule has 2 aromatic rings. The van der Waals surface area contributed by atoms with Crippen LogP contribution in [0, 0.1) is 13.8 Å². The fourth-order valence-electron chi connectivity index (χ4n) is 3.90. The van der Waals surface area contributed by atoms with Crippen molar-refractivity contribution in [2.24, 2.45) is 5.10 Å². The zero-order chi connectivity index (χ0) is 20.6. The van der Waals surface area contributed by atoms with Crippen molar-refractivity contribution in [1.29, 1.82) is 0 Å². The van der Waals surface area contributed by atoms with Crippen LogP contribution in [0.2, 0.25) is 5.02 Å². The van der Waals surface area contributed by atoms with Crippen LogP contribution in [-0.2, 0) is 0 Å². The smallest absolute Gasteiger partial charge is 0.272 e. The molecule has 2 aromatic carbocycles. The summed E-state index contributed by atoms with van der Waals surface area (Å²) in [6.45, 7) is 10.8. The highest BCUT2D eigenvalue weighted by Crippen LogP contribution is 2.43. The fourth-order valence-corrected chi connectivity index (χ4v) is 4.22. The second-order valence-corrected chi connectivity index (χ2v) is 8.83. The Balaban J connectivity index is 1.81. The van der Waals surface area contributed by atoms with Crippen molar-refractivity contribution in [3.8, 4) is 0 Å². The Kier molecular flexibility index (Phi) is 5.53. The van der Waals surface area contributed by atoms with Gasteiger partial charge >= 0.3 is 0 Å². The number of fused-ring (bicyclic) bond motifs is 1. The second-order valence-electron chi connectivity index (χ2n) is 8.43. The van der Waals surface area contributed by atoms with Crippen LogP contribution in [0.25, 0.3) is 0 Å². The van der Waals surface area contributed by atoms with E-state index in [4.69, 9.17) is 11.6 Å². The van der Waals surface area contributed by atoms with Gasteiger partial charge in [-0.05, 0) is 86.6 Å². The van der Waals surface area contributed by atoms with Crippen molar-refractivity contribution in [2.45, 2.75) is 52.5 Å². The van der Waals surface area contributed by atoms with E-state index in [1.807, 2.05) is 13.0 Å². The molecule has 1 N–H and O–H groups in total. The van der Waals surface area contributed by atoms with Crippen LogP contribution in [0.5, 0.6) is 0 Å². The molecule has 4 nitrogen and oxygen atoms in total. The maximum atomic E-state index is 12.3. The van der Waals surface area contributed by atoms with Gasteiger partial charge in [0.1, 0.15) is 0 Å². The zero-order valence-electron chi connectivity index (χ0n) is 17.4. The SMILES string of the molecule is Cc1ccc(C(=O)N/N=C/c2cc3c(cc2C)N(C)C(C)(C)CC3C)c(Cl)c1. The number of carbonyl (C=O) groups is 1. The Morgan fingerprint density at radius 1 is 1.29 bits per heavy atom. The Morgan fingerprint density at radius 2 is 2.00 bits per heavy atom. The Hall–Kier alpha value is -2.33. The molecule has 1 unspecified atom stereocenters. The predicted molar refractivity (Wildman–Crippen MR) is 118 cm³/mol. The van der Waals surface area contributed by atoms with Gasteiger partial charge in [-0.25, -0.2) is 5.43 Å². The van der Waals surface area contributed by atoms with Crippen LogP contribution in [0.4, 0.5) is 5.69 Å². The van der Waals surface area contributed by atoms with Crippen molar-refractivity contribution in [3.63, 3.8) is 0 Å². The number of carbonyl (C=O) groups excluding carboxylic acids is 1. The van der Waals surface area contributed by atoms with E-state index in [1.54, 1.807) is 18.3 Å². The predicted octanol–water partition coefficient (Wildman–Crippen LogP) is 5.44. The highest BCUT2D eigenvalue weighted by molar-refractivity contribution is 6.33. The van der Waals surface area contributed by atoms with Gasteiger partial charge in [-0.1, -0.05) is 24.6 Å². The number of amides is 1. The lowest BCUT2D eigenvalue weighted by atomic mass is 9.79. The molecular formula is C23H28ClN3O. The molecule has 1 amide bonds. The summed E-state index contributed by atoms with van der Waals surface area (Å²) in [6, 6.07) is 9.75. The van der Waals surface area contributed by atoms with Crippen LogP contribution >= 0.6 is 11.6 Å². The molecule has 0 aromatic heterocycles. The van der Waals surface area contributed by atoms with Crippen LogP contribution in [-0.4, -0.2) is 24.7 Å². The average Bonchev–Trinajstić information content (AvgIpc) is 2.60. The summed E-state index contributed by atoms with van der Waals surface area (Å²) in [7, 11) is 2.16. The number of rotatable bonds is 3. The molecule has 148 valence electrons. The number of hydrogen-bond acceptors (Lipinski definition) is 3. The van der Waals surface area contributed by atoms with Gasteiger partial charge in [0.15, 0.2) is 0 Å². The standard InChI is InChI=1S/C23H28ClN3O/c1-14-7-8-18(20(24)9-14)22(28)26-25-13-17-11-19-16(3)12-23(4,5)27(6)21(19)10-15(17)2/h7-11,13,16H,12H2,1-6H3,(H,26,28)/b25-13+. The monoisotopic (exact) mass is 397 g/mol. The lowest BCUT2D eigenvalue weighted by Crippen LogP contribution is -2.45. The molecule has 5 heteroatoms. The topological polar surface area (TPSA) is 44.7 Å². The molecule has 1 aliphatic rings. The first-order valence-corrected chi connectivity index (χ1v) is 9.96. The lowest BCUT2D eigenvalue weighted by Gasteiger charge is -2.45. The third-order valence-electron chi connectivity index (χ3n) is 5.76. The largest absolute Gasteiger partial charge is 0.369 e. The number of nitrogens with zero attached hydrogens (tertiary/aromatic N) is 2. The van der Waals surface area contributed by atoms with E-state index in [2.05, 4.69) is 62.3 Å². The van der Waals surface area contributed by atoms with Crippen LogP contribution in [0.15, 0.2) is 35.4 Å². The summed E-state index contributed by atoms with van der Waals surface area (Å²) < 4.78 is 0. The van der Waals surface area contributed by atoms with Crippen molar-refractivity contribution < 1.29 is 4.79 Å². The summed E-state index contributed by atoms with van der Waals surface area (Å²) in [5.74, 6) is 0.154. The van der Waals surface area contributed by atoms with Gasteiger partial charge in [0.25, 0.3) is 5.91 Å². The maximum Gasteiger partial charge on any atom is 0.272 e. The van der Waals surface area contributed by atoms with Crippen molar-refractivity contribution >= 4 is 29.4 Å². The number of hydrazone groups is 1. The van der Waals surface area contributed by atoms with E-state index in [-0.39, 0.29) is 11.4 Å². The molecule has 0 saturated heterocycles. The van der Waals surface area contributed by atoms with Gasteiger partial charge in [-0.2, -0.15) is 5.10 Å². The Labute approximate surface area is 172 Å².